The van der Waals surface area contributed by atoms with Crippen molar-refractivity contribution in [3.63, 3.8) is 0 Å². The lowest BCUT2D eigenvalue weighted by molar-refractivity contribution is 0.210. The molecule has 1 rings (SSSR count). The number of ether oxygens (including phenoxy) is 1. The van der Waals surface area contributed by atoms with Crippen molar-refractivity contribution in [3.05, 3.63) is 21.8 Å². The molecule has 1 aromatic heterocycles. The Kier molecular flexibility index (Phi) is 4.37. The van der Waals surface area contributed by atoms with E-state index in [9.17, 15) is 4.39 Å². The molecule has 0 saturated heterocycles. The second-order valence-electron chi connectivity index (χ2n) is 2.41. The topological polar surface area (TPSA) is 34.1 Å². The van der Waals surface area contributed by atoms with Gasteiger partial charge in [-0.1, -0.05) is 0 Å². The summed E-state index contributed by atoms with van der Waals surface area (Å²) < 4.78 is 18.3. The lowest BCUT2D eigenvalue weighted by atomic mass is 10.4. The van der Waals surface area contributed by atoms with Crippen LogP contribution in [0.2, 0.25) is 0 Å². The Balaban J connectivity index is 2.56. The van der Waals surface area contributed by atoms with Gasteiger partial charge in [0.25, 0.3) is 0 Å². The zero-order valence-corrected chi connectivity index (χ0v) is 9.34. The van der Waals surface area contributed by atoms with Crippen molar-refractivity contribution in [2.45, 2.75) is 0 Å². The zero-order valence-electron chi connectivity index (χ0n) is 7.18. The fourth-order valence-corrected chi connectivity index (χ4v) is 1.41. The predicted octanol–water partition coefficient (Wildman–Crippen LogP) is 1.88. The summed E-state index contributed by atoms with van der Waals surface area (Å²) in [6.45, 7) is 1.31. The zero-order chi connectivity index (χ0) is 9.68. The summed E-state index contributed by atoms with van der Waals surface area (Å²) in [6.07, 6.45) is 1.48. The average Bonchev–Trinajstić information content (AvgIpc) is 2.09. The van der Waals surface area contributed by atoms with E-state index >= 15 is 0 Å². The summed E-state index contributed by atoms with van der Waals surface area (Å²) in [4.78, 5) is 3.54. The Morgan fingerprint density at radius 3 is 3.08 bits per heavy atom. The molecule has 13 heavy (non-hydrogen) atoms. The molecule has 0 spiro atoms. The lowest BCUT2D eigenvalue weighted by Gasteiger charge is -2.06. The fourth-order valence-electron chi connectivity index (χ4n) is 0.825. The average molecular weight is 296 g/mol. The molecule has 72 valence electrons. The number of nitrogens with one attached hydrogen (secondary N) is 1. The molecule has 0 unspecified atom stereocenters. The van der Waals surface area contributed by atoms with Gasteiger partial charge in [0.1, 0.15) is 0 Å². The SMILES string of the molecule is COCCNc1cnc(F)cc1I. The first-order valence-electron chi connectivity index (χ1n) is 3.78. The van der Waals surface area contributed by atoms with Crippen molar-refractivity contribution in [3.8, 4) is 0 Å². The number of anilines is 1. The highest BCUT2D eigenvalue weighted by Gasteiger charge is 2.00. The molecule has 0 aliphatic carbocycles. The maximum absolute atomic E-state index is 12.6. The third-order valence-corrected chi connectivity index (χ3v) is 2.33. The van der Waals surface area contributed by atoms with Crippen LogP contribution in [-0.2, 0) is 4.74 Å². The molecular formula is C8H10FIN2O. The minimum atomic E-state index is -0.457. The second-order valence-corrected chi connectivity index (χ2v) is 3.57. The first kappa shape index (κ1) is 10.6. The first-order valence-corrected chi connectivity index (χ1v) is 4.86. The minimum Gasteiger partial charge on any atom is -0.383 e. The van der Waals surface area contributed by atoms with Crippen LogP contribution in [0.4, 0.5) is 10.1 Å². The molecule has 0 radical (unpaired) electrons. The summed E-state index contributed by atoms with van der Waals surface area (Å²) in [5.74, 6) is -0.457. The maximum atomic E-state index is 12.6. The smallest absolute Gasteiger partial charge is 0.214 e. The quantitative estimate of drug-likeness (QED) is 0.523. The van der Waals surface area contributed by atoms with Gasteiger partial charge in [0.2, 0.25) is 5.95 Å². The van der Waals surface area contributed by atoms with Crippen LogP contribution >= 0.6 is 22.6 Å². The van der Waals surface area contributed by atoms with Gasteiger partial charge in [-0.2, -0.15) is 4.39 Å². The summed E-state index contributed by atoms with van der Waals surface area (Å²) in [5, 5.41) is 3.08. The molecular weight excluding hydrogens is 286 g/mol. The number of halogens is 2. The molecule has 0 atom stereocenters. The predicted molar refractivity (Wildman–Crippen MR) is 57.3 cm³/mol. The van der Waals surface area contributed by atoms with Gasteiger partial charge >= 0.3 is 0 Å². The molecule has 3 nitrogen and oxygen atoms in total. The Bertz CT molecular complexity index is 283. The lowest BCUT2D eigenvalue weighted by Crippen LogP contribution is -2.09. The molecule has 0 amide bonds. The Labute approximate surface area is 89.8 Å². The van der Waals surface area contributed by atoms with Crippen LogP contribution in [0.15, 0.2) is 12.3 Å². The monoisotopic (exact) mass is 296 g/mol. The number of aromatic nitrogens is 1. The van der Waals surface area contributed by atoms with Gasteiger partial charge in [-0.3, -0.25) is 0 Å². The standard InChI is InChI=1S/C8H10FIN2O/c1-13-3-2-11-7-5-12-8(9)4-6(7)10/h4-5,11H,2-3H2,1H3. The number of nitrogens with zero attached hydrogens (tertiary/aromatic N) is 1. The number of hydrogen-bond donors (Lipinski definition) is 1. The van der Waals surface area contributed by atoms with E-state index in [1.807, 2.05) is 0 Å². The molecule has 0 fully saturated rings. The van der Waals surface area contributed by atoms with Crippen molar-refractivity contribution in [1.29, 1.82) is 0 Å². The van der Waals surface area contributed by atoms with Gasteiger partial charge in [0.15, 0.2) is 0 Å². The van der Waals surface area contributed by atoms with Gasteiger partial charge in [-0.15, -0.1) is 0 Å². The van der Waals surface area contributed by atoms with Gasteiger partial charge in [-0.25, -0.2) is 4.98 Å². The maximum Gasteiger partial charge on any atom is 0.214 e. The number of rotatable bonds is 4. The van der Waals surface area contributed by atoms with E-state index in [1.165, 1.54) is 12.3 Å². The van der Waals surface area contributed by atoms with Gasteiger partial charge < -0.3 is 10.1 Å². The highest BCUT2D eigenvalue weighted by atomic mass is 127. The highest BCUT2D eigenvalue weighted by molar-refractivity contribution is 14.1. The highest BCUT2D eigenvalue weighted by Crippen LogP contribution is 2.16. The second kappa shape index (κ2) is 5.33. The molecule has 5 heteroatoms. The third-order valence-electron chi connectivity index (χ3n) is 1.44. The van der Waals surface area contributed by atoms with Crippen molar-refractivity contribution < 1.29 is 9.13 Å². The summed E-state index contributed by atoms with van der Waals surface area (Å²) >= 11 is 2.05. The minimum absolute atomic E-state index is 0.457. The van der Waals surface area contributed by atoms with Crippen LogP contribution in [0, 0.1) is 9.52 Å². The van der Waals surface area contributed by atoms with Crippen LogP contribution < -0.4 is 5.32 Å². The van der Waals surface area contributed by atoms with E-state index < -0.39 is 5.95 Å². The fraction of sp³-hybridized carbons (Fsp3) is 0.375. The van der Waals surface area contributed by atoms with Gasteiger partial charge in [0, 0.05) is 23.3 Å². The molecule has 0 saturated carbocycles. The van der Waals surface area contributed by atoms with E-state index in [2.05, 4.69) is 32.9 Å². The molecule has 1 heterocycles. The molecule has 1 aromatic rings. The van der Waals surface area contributed by atoms with Crippen LogP contribution in [-0.4, -0.2) is 25.2 Å². The Morgan fingerprint density at radius 1 is 1.69 bits per heavy atom. The number of pyridine rings is 1. The third kappa shape index (κ3) is 3.43. The molecule has 0 aliphatic rings. The van der Waals surface area contributed by atoms with E-state index in [1.54, 1.807) is 7.11 Å². The first-order chi connectivity index (χ1) is 6.24. The van der Waals surface area contributed by atoms with Gasteiger partial charge in [-0.05, 0) is 22.6 Å². The van der Waals surface area contributed by atoms with E-state index in [0.29, 0.717) is 13.2 Å². The summed E-state index contributed by atoms with van der Waals surface area (Å²) in [6, 6.07) is 1.38. The number of methoxy groups -OCH3 is 1. The van der Waals surface area contributed by atoms with E-state index in [4.69, 9.17) is 4.74 Å². The Hall–Kier alpha value is -0.430. The normalized spacial score (nSPS) is 10.1. The van der Waals surface area contributed by atoms with Crippen LogP contribution in [0.25, 0.3) is 0 Å². The summed E-state index contributed by atoms with van der Waals surface area (Å²) in [7, 11) is 1.63. The van der Waals surface area contributed by atoms with Crippen LogP contribution in [0.1, 0.15) is 0 Å². The molecule has 0 bridgehead atoms. The molecule has 0 aromatic carbocycles. The van der Waals surface area contributed by atoms with Crippen molar-refractivity contribution in [2.75, 3.05) is 25.6 Å². The number of hydrogen-bond acceptors (Lipinski definition) is 3. The molecule has 0 aliphatic heterocycles. The van der Waals surface area contributed by atoms with E-state index in [0.717, 1.165) is 9.26 Å². The summed E-state index contributed by atoms with van der Waals surface area (Å²) in [5.41, 5.74) is 0.832. The van der Waals surface area contributed by atoms with E-state index in [-0.39, 0.29) is 0 Å². The van der Waals surface area contributed by atoms with Crippen molar-refractivity contribution in [1.82, 2.24) is 4.98 Å². The van der Waals surface area contributed by atoms with Crippen molar-refractivity contribution >= 4 is 28.3 Å². The van der Waals surface area contributed by atoms with Gasteiger partial charge in [0.05, 0.1) is 18.5 Å². The van der Waals surface area contributed by atoms with Crippen LogP contribution in [0.3, 0.4) is 0 Å². The van der Waals surface area contributed by atoms with Crippen LogP contribution in [0.5, 0.6) is 0 Å². The van der Waals surface area contributed by atoms with Crippen molar-refractivity contribution in [2.24, 2.45) is 0 Å². The molecule has 1 N–H and O–H groups in total. The largest absolute Gasteiger partial charge is 0.383 e. The Morgan fingerprint density at radius 2 is 2.46 bits per heavy atom.